The van der Waals surface area contributed by atoms with Gasteiger partial charge in [-0.1, -0.05) is 35.5 Å². The number of nitrogens with two attached hydrogens (primary N) is 1. The van der Waals surface area contributed by atoms with E-state index >= 15 is 0 Å². The van der Waals surface area contributed by atoms with Crippen molar-refractivity contribution in [3.8, 4) is 0 Å². The molecule has 1 saturated heterocycles. The van der Waals surface area contributed by atoms with Crippen molar-refractivity contribution in [2.75, 3.05) is 18.8 Å². The summed E-state index contributed by atoms with van der Waals surface area (Å²) in [4.78, 5) is 2.57. The van der Waals surface area contributed by atoms with Crippen molar-refractivity contribution in [1.29, 1.82) is 0 Å². The van der Waals surface area contributed by atoms with Gasteiger partial charge in [-0.05, 0) is 62.4 Å². The Kier molecular flexibility index (Phi) is 4.70. The summed E-state index contributed by atoms with van der Waals surface area (Å²) in [5.74, 6) is 0.785. The lowest BCUT2D eigenvalue weighted by Crippen LogP contribution is -2.33. The van der Waals surface area contributed by atoms with Gasteiger partial charge in [-0.25, -0.2) is 0 Å². The van der Waals surface area contributed by atoms with Gasteiger partial charge in [0.25, 0.3) is 0 Å². The molecule has 0 aliphatic carbocycles. The summed E-state index contributed by atoms with van der Waals surface area (Å²) in [7, 11) is 0. The van der Waals surface area contributed by atoms with Crippen molar-refractivity contribution in [3.63, 3.8) is 0 Å². The molecular weight excluding hydrogens is 310 g/mol. The molecule has 0 unspecified atom stereocenters. The third kappa shape index (κ3) is 3.85. The Bertz CT molecular complexity index is 820. The molecule has 25 heavy (non-hydrogen) atoms. The van der Waals surface area contributed by atoms with Crippen molar-refractivity contribution < 1.29 is 4.52 Å². The molecule has 1 aliphatic rings. The Morgan fingerprint density at radius 3 is 2.68 bits per heavy atom. The van der Waals surface area contributed by atoms with Crippen LogP contribution in [0.15, 0.2) is 53.1 Å². The second-order valence-corrected chi connectivity index (χ2v) is 7.13. The van der Waals surface area contributed by atoms with E-state index in [2.05, 4.69) is 40.4 Å². The molecule has 2 N–H and O–H groups in total. The zero-order valence-electron chi connectivity index (χ0n) is 14.5. The number of fused-ring (bicyclic) bond motifs is 1. The summed E-state index contributed by atoms with van der Waals surface area (Å²) < 4.78 is 5.41. The molecule has 0 saturated carbocycles. The predicted octanol–water partition coefficient (Wildman–Crippen LogP) is 4.25. The first-order valence-electron chi connectivity index (χ1n) is 9.18. The van der Waals surface area contributed by atoms with E-state index < -0.39 is 0 Å². The van der Waals surface area contributed by atoms with Crippen LogP contribution in [-0.4, -0.2) is 23.1 Å². The second-order valence-electron chi connectivity index (χ2n) is 7.13. The lowest BCUT2D eigenvalue weighted by atomic mass is 9.91. The molecule has 4 heteroatoms. The number of piperidine rings is 1. The maximum atomic E-state index is 5.80. The fourth-order valence-electron chi connectivity index (χ4n) is 3.80. The number of aromatic nitrogens is 1. The molecule has 2 heterocycles. The molecule has 0 spiro atoms. The van der Waals surface area contributed by atoms with Gasteiger partial charge in [0, 0.05) is 23.7 Å². The highest BCUT2D eigenvalue weighted by Crippen LogP contribution is 2.26. The van der Waals surface area contributed by atoms with Gasteiger partial charge in [-0.2, -0.15) is 0 Å². The summed E-state index contributed by atoms with van der Waals surface area (Å²) in [6.07, 6.45) is 4.72. The quantitative estimate of drug-likeness (QED) is 0.708. The van der Waals surface area contributed by atoms with Crippen molar-refractivity contribution in [2.24, 2.45) is 5.92 Å². The van der Waals surface area contributed by atoms with Gasteiger partial charge < -0.3 is 10.3 Å². The zero-order chi connectivity index (χ0) is 17.1. The van der Waals surface area contributed by atoms with E-state index in [1.165, 1.54) is 37.9 Å². The molecule has 0 amide bonds. The molecular formula is C21H25N3O. The number of hydrogen-bond donors (Lipinski definition) is 1. The molecule has 0 radical (unpaired) electrons. The smallest absolute Gasteiger partial charge is 0.169 e. The number of aryl methyl sites for hydroxylation is 1. The van der Waals surface area contributed by atoms with E-state index in [9.17, 15) is 0 Å². The minimum absolute atomic E-state index is 0.723. The van der Waals surface area contributed by atoms with Gasteiger partial charge in [-0.15, -0.1) is 0 Å². The van der Waals surface area contributed by atoms with Crippen LogP contribution < -0.4 is 5.73 Å². The number of hydrogen-bond acceptors (Lipinski definition) is 4. The topological polar surface area (TPSA) is 55.3 Å². The Hall–Kier alpha value is -2.33. The molecule has 0 bridgehead atoms. The lowest BCUT2D eigenvalue weighted by Gasteiger charge is -2.31. The minimum atomic E-state index is 0.723. The van der Waals surface area contributed by atoms with Crippen molar-refractivity contribution >= 4 is 16.7 Å². The van der Waals surface area contributed by atoms with Crippen LogP contribution in [0, 0.1) is 5.92 Å². The SMILES string of the molecule is Nc1ccc2c(CCC3CCN(Cc4ccccc4)CC3)noc2c1. The first-order valence-corrected chi connectivity index (χ1v) is 9.18. The van der Waals surface area contributed by atoms with Crippen LogP contribution in [0.5, 0.6) is 0 Å². The Balaban J connectivity index is 1.28. The van der Waals surface area contributed by atoms with Gasteiger partial charge in [0.15, 0.2) is 5.58 Å². The first-order chi connectivity index (χ1) is 12.3. The Morgan fingerprint density at radius 1 is 1.08 bits per heavy atom. The molecule has 1 aliphatic heterocycles. The highest BCUT2D eigenvalue weighted by molar-refractivity contribution is 5.82. The van der Waals surface area contributed by atoms with Gasteiger partial charge in [0.05, 0.1) is 5.69 Å². The van der Waals surface area contributed by atoms with E-state index in [4.69, 9.17) is 10.3 Å². The highest BCUT2D eigenvalue weighted by atomic mass is 16.5. The van der Waals surface area contributed by atoms with E-state index in [0.29, 0.717) is 0 Å². The molecule has 130 valence electrons. The largest absolute Gasteiger partial charge is 0.399 e. The van der Waals surface area contributed by atoms with E-state index in [0.717, 1.165) is 41.2 Å². The van der Waals surface area contributed by atoms with Crippen LogP contribution in [0.2, 0.25) is 0 Å². The number of nitrogen functional groups attached to an aromatic ring is 1. The number of benzene rings is 2. The van der Waals surface area contributed by atoms with E-state index in [1.807, 2.05) is 18.2 Å². The van der Waals surface area contributed by atoms with Crippen LogP contribution >= 0.6 is 0 Å². The standard InChI is InChI=1S/C21H25N3O/c22-18-7-8-19-20(23-25-21(19)14-18)9-6-16-10-12-24(13-11-16)15-17-4-2-1-3-5-17/h1-5,7-8,14,16H,6,9-13,15,22H2. The number of anilines is 1. The fourth-order valence-corrected chi connectivity index (χ4v) is 3.80. The van der Waals surface area contributed by atoms with Crippen LogP contribution in [0.3, 0.4) is 0 Å². The monoisotopic (exact) mass is 335 g/mol. The molecule has 2 aromatic carbocycles. The normalized spacial score (nSPS) is 16.5. The predicted molar refractivity (Wildman–Crippen MR) is 101 cm³/mol. The summed E-state index contributed by atoms with van der Waals surface area (Å²) in [6.45, 7) is 3.45. The van der Waals surface area contributed by atoms with Crippen molar-refractivity contribution in [2.45, 2.75) is 32.2 Å². The average Bonchev–Trinajstić information content (AvgIpc) is 3.04. The van der Waals surface area contributed by atoms with E-state index in [-0.39, 0.29) is 0 Å². The number of likely N-dealkylation sites (tertiary alicyclic amines) is 1. The van der Waals surface area contributed by atoms with Crippen LogP contribution in [0.25, 0.3) is 11.0 Å². The number of rotatable bonds is 5. The Morgan fingerprint density at radius 2 is 1.88 bits per heavy atom. The molecule has 1 fully saturated rings. The van der Waals surface area contributed by atoms with Gasteiger partial charge >= 0.3 is 0 Å². The summed E-state index contributed by atoms with van der Waals surface area (Å²) in [5, 5.41) is 5.36. The summed E-state index contributed by atoms with van der Waals surface area (Å²) in [5.41, 5.74) is 9.80. The molecule has 0 atom stereocenters. The molecule has 1 aromatic heterocycles. The molecule has 4 rings (SSSR count). The van der Waals surface area contributed by atoms with Crippen molar-refractivity contribution in [3.05, 3.63) is 59.8 Å². The fraction of sp³-hybridized carbons (Fsp3) is 0.381. The van der Waals surface area contributed by atoms with Gasteiger partial charge in [-0.3, -0.25) is 4.90 Å². The van der Waals surface area contributed by atoms with Crippen LogP contribution in [-0.2, 0) is 13.0 Å². The maximum Gasteiger partial charge on any atom is 0.169 e. The van der Waals surface area contributed by atoms with Gasteiger partial charge in [0.2, 0.25) is 0 Å². The highest BCUT2D eigenvalue weighted by Gasteiger charge is 2.20. The third-order valence-corrected chi connectivity index (χ3v) is 5.32. The van der Waals surface area contributed by atoms with Crippen LogP contribution in [0.1, 0.15) is 30.5 Å². The molecule has 3 aromatic rings. The Labute approximate surface area is 148 Å². The maximum absolute atomic E-state index is 5.80. The third-order valence-electron chi connectivity index (χ3n) is 5.32. The summed E-state index contributed by atoms with van der Waals surface area (Å²) >= 11 is 0. The second kappa shape index (κ2) is 7.28. The van der Waals surface area contributed by atoms with Crippen LogP contribution in [0.4, 0.5) is 5.69 Å². The average molecular weight is 335 g/mol. The van der Waals surface area contributed by atoms with E-state index in [1.54, 1.807) is 0 Å². The lowest BCUT2D eigenvalue weighted by molar-refractivity contribution is 0.172. The zero-order valence-corrected chi connectivity index (χ0v) is 14.5. The molecule has 4 nitrogen and oxygen atoms in total. The number of nitrogens with zero attached hydrogens (tertiary/aromatic N) is 2. The minimum Gasteiger partial charge on any atom is -0.399 e. The first kappa shape index (κ1) is 16.2. The van der Waals surface area contributed by atoms with Crippen molar-refractivity contribution in [1.82, 2.24) is 10.1 Å². The summed E-state index contributed by atoms with van der Waals surface area (Å²) in [6, 6.07) is 16.6. The van der Waals surface area contributed by atoms with Gasteiger partial charge in [0.1, 0.15) is 0 Å².